The van der Waals surface area contributed by atoms with E-state index >= 15 is 0 Å². The smallest absolute Gasteiger partial charge is 0.254 e. The topological polar surface area (TPSA) is 98.5 Å². The molecule has 0 bridgehead atoms. The van der Waals surface area contributed by atoms with Crippen LogP contribution in [0.15, 0.2) is 53.4 Å². The van der Waals surface area contributed by atoms with Crippen LogP contribution < -0.4 is 20.1 Å². The number of amides is 1. The third-order valence-electron chi connectivity index (χ3n) is 3.56. The first-order valence-corrected chi connectivity index (χ1v) is 7.81. The number of nitrogens with one attached hydrogen (secondary N) is 2. The van der Waals surface area contributed by atoms with E-state index in [-0.39, 0.29) is 5.91 Å². The number of hydrogen-bond acceptors (Lipinski definition) is 7. The Bertz CT molecular complexity index is 863. The summed E-state index contributed by atoms with van der Waals surface area (Å²) < 4.78 is 15.6. The summed E-state index contributed by atoms with van der Waals surface area (Å²) >= 11 is 0. The predicted octanol–water partition coefficient (Wildman–Crippen LogP) is 2.76. The molecule has 0 aliphatic heterocycles. The van der Waals surface area contributed by atoms with Gasteiger partial charge in [-0.3, -0.25) is 4.79 Å². The minimum absolute atomic E-state index is 0.279. The zero-order chi connectivity index (χ0) is 18.4. The molecule has 0 spiro atoms. The van der Waals surface area contributed by atoms with E-state index < -0.39 is 0 Å². The quantitative estimate of drug-likeness (QED) is 0.673. The molecule has 1 aromatic carbocycles. The number of carbonyl (C=O) groups excluding carboxylic acids is 1. The molecule has 26 heavy (non-hydrogen) atoms. The van der Waals surface area contributed by atoms with Crippen LogP contribution in [0, 0.1) is 0 Å². The molecular formula is C18H18N4O4. The molecule has 3 rings (SSSR count). The van der Waals surface area contributed by atoms with Crippen LogP contribution in [0.2, 0.25) is 0 Å². The van der Waals surface area contributed by atoms with Gasteiger partial charge in [0.25, 0.3) is 5.91 Å². The van der Waals surface area contributed by atoms with E-state index in [0.717, 1.165) is 5.69 Å². The molecular weight excluding hydrogens is 336 g/mol. The molecule has 8 nitrogen and oxygen atoms in total. The third kappa shape index (κ3) is 4.10. The van der Waals surface area contributed by atoms with E-state index in [9.17, 15) is 4.79 Å². The number of ether oxygens (including phenoxy) is 2. The van der Waals surface area contributed by atoms with Gasteiger partial charge in [0.2, 0.25) is 5.95 Å². The van der Waals surface area contributed by atoms with Crippen molar-refractivity contribution >= 4 is 17.5 Å². The maximum atomic E-state index is 12.1. The lowest BCUT2D eigenvalue weighted by molar-refractivity contribution is 0.0947. The summed E-state index contributed by atoms with van der Waals surface area (Å²) in [6, 6.07) is 8.91. The van der Waals surface area contributed by atoms with Crippen molar-refractivity contribution in [2.45, 2.75) is 6.54 Å². The Morgan fingerprint density at radius 1 is 1.12 bits per heavy atom. The fourth-order valence-electron chi connectivity index (χ4n) is 2.24. The molecule has 0 radical (unpaired) electrons. The SMILES string of the molecule is COc1ccc(Nc2ncc(C(=O)NCc3ccco3)cn2)cc1OC. The summed E-state index contributed by atoms with van der Waals surface area (Å²) in [5.74, 6) is 1.97. The average Bonchev–Trinajstić information content (AvgIpc) is 3.20. The Hall–Kier alpha value is -3.55. The van der Waals surface area contributed by atoms with E-state index in [1.165, 1.54) is 12.4 Å². The first-order valence-electron chi connectivity index (χ1n) is 7.81. The normalized spacial score (nSPS) is 10.2. The van der Waals surface area contributed by atoms with Gasteiger partial charge in [0.1, 0.15) is 5.76 Å². The number of anilines is 2. The van der Waals surface area contributed by atoms with E-state index in [4.69, 9.17) is 13.9 Å². The van der Waals surface area contributed by atoms with Crippen LogP contribution in [-0.2, 0) is 6.54 Å². The second-order valence-corrected chi connectivity index (χ2v) is 5.25. The summed E-state index contributed by atoms with van der Waals surface area (Å²) in [7, 11) is 3.14. The Morgan fingerprint density at radius 3 is 2.54 bits per heavy atom. The van der Waals surface area contributed by atoms with Gasteiger partial charge in [0.05, 0.1) is 32.6 Å². The maximum Gasteiger partial charge on any atom is 0.254 e. The van der Waals surface area contributed by atoms with Gasteiger partial charge < -0.3 is 24.5 Å². The van der Waals surface area contributed by atoms with Crippen LogP contribution in [0.4, 0.5) is 11.6 Å². The Labute approximate surface area is 150 Å². The molecule has 2 aromatic heterocycles. The van der Waals surface area contributed by atoms with E-state index in [1.807, 2.05) is 6.07 Å². The number of nitrogens with zero attached hydrogens (tertiary/aromatic N) is 2. The molecule has 0 saturated carbocycles. The lowest BCUT2D eigenvalue weighted by Gasteiger charge is -2.10. The van der Waals surface area contributed by atoms with Crippen molar-refractivity contribution in [1.29, 1.82) is 0 Å². The molecule has 0 fully saturated rings. The Balaban J connectivity index is 1.63. The summed E-state index contributed by atoms with van der Waals surface area (Å²) in [5, 5.41) is 5.78. The van der Waals surface area contributed by atoms with Crippen molar-refractivity contribution in [1.82, 2.24) is 15.3 Å². The van der Waals surface area contributed by atoms with Crippen molar-refractivity contribution in [2.24, 2.45) is 0 Å². The maximum absolute atomic E-state index is 12.1. The van der Waals surface area contributed by atoms with E-state index in [1.54, 1.807) is 44.7 Å². The largest absolute Gasteiger partial charge is 0.493 e. The van der Waals surface area contributed by atoms with Gasteiger partial charge >= 0.3 is 0 Å². The fourth-order valence-corrected chi connectivity index (χ4v) is 2.24. The predicted molar refractivity (Wildman–Crippen MR) is 94.7 cm³/mol. The van der Waals surface area contributed by atoms with Gasteiger partial charge in [-0.05, 0) is 24.3 Å². The van der Waals surface area contributed by atoms with Gasteiger partial charge in [-0.2, -0.15) is 0 Å². The summed E-state index contributed by atoms with van der Waals surface area (Å²) in [6.45, 7) is 0.303. The highest BCUT2D eigenvalue weighted by atomic mass is 16.5. The molecule has 1 amide bonds. The second kappa shape index (κ2) is 8.02. The Morgan fingerprint density at radius 2 is 1.88 bits per heavy atom. The standard InChI is InChI=1S/C18H18N4O4/c1-24-15-6-5-13(8-16(15)25-2)22-18-20-9-12(10-21-18)17(23)19-11-14-4-3-7-26-14/h3-10H,11H2,1-2H3,(H,19,23)(H,20,21,22). The first kappa shape index (κ1) is 17.3. The lowest BCUT2D eigenvalue weighted by Crippen LogP contribution is -2.22. The zero-order valence-electron chi connectivity index (χ0n) is 14.4. The van der Waals surface area contributed by atoms with Gasteiger partial charge in [0, 0.05) is 24.1 Å². The highest BCUT2D eigenvalue weighted by Gasteiger charge is 2.09. The third-order valence-corrected chi connectivity index (χ3v) is 3.56. The van der Waals surface area contributed by atoms with Crippen molar-refractivity contribution < 1.29 is 18.7 Å². The van der Waals surface area contributed by atoms with Crippen molar-refractivity contribution in [3.05, 3.63) is 60.3 Å². The second-order valence-electron chi connectivity index (χ2n) is 5.25. The summed E-state index contributed by atoms with van der Waals surface area (Å²) in [5.41, 5.74) is 1.09. The molecule has 8 heteroatoms. The fraction of sp³-hybridized carbons (Fsp3) is 0.167. The van der Waals surface area contributed by atoms with Crippen LogP contribution in [-0.4, -0.2) is 30.1 Å². The van der Waals surface area contributed by atoms with Crippen molar-refractivity contribution in [3.8, 4) is 11.5 Å². The first-order chi connectivity index (χ1) is 12.7. The number of aromatic nitrogens is 2. The molecule has 0 aliphatic rings. The number of methoxy groups -OCH3 is 2. The van der Waals surface area contributed by atoms with E-state index in [0.29, 0.717) is 35.3 Å². The van der Waals surface area contributed by atoms with Gasteiger partial charge in [-0.15, -0.1) is 0 Å². The highest BCUT2D eigenvalue weighted by molar-refractivity contribution is 5.93. The van der Waals surface area contributed by atoms with Crippen LogP contribution >= 0.6 is 0 Å². The van der Waals surface area contributed by atoms with Crippen molar-refractivity contribution in [3.63, 3.8) is 0 Å². The zero-order valence-corrected chi connectivity index (χ0v) is 14.4. The number of furan rings is 1. The minimum atomic E-state index is -0.279. The van der Waals surface area contributed by atoms with Crippen molar-refractivity contribution in [2.75, 3.05) is 19.5 Å². The number of hydrogen-bond donors (Lipinski definition) is 2. The monoisotopic (exact) mass is 354 g/mol. The van der Waals surface area contributed by atoms with Crippen LogP contribution in [0.25, 0.3) is 0 Å². The van der Waals surface area contributed by atoms with Crippen LogP contribution in [0.3, 0.4) is 0 Å². The molecule has 0 saturated heterocycles. The van der Waals surface area contributed by atoms with Gasteiger partial charge in [-0.1, -0.05) is 0 Å². The van der Waals surface area contributed by atoms with Crippen LogP contribution in [0.1, 0.15) is 16.1 Å². The number of benzene rings is 1. The van der Waals surface area contributed by atoms with Crippen LogP contribution in [0.5, 0.6) is 11.5 Å². The molecule has 0 aliphatic carbocycles. The highest BCUT2D eigenvalue weighted by Crippen LogP contribution is 2.30. The average molecular weight is 354 g/mol. The number of carbonyl (C=O) groups is 1. The number of rotatable bonds is 7. The molecule has 0 unspecified atom stereocenters. The molecule has 2 heterocycles. The summed E-state index contributed by atoms with van der Waals surface area (Å²) in [4.78, 5) is 20.4. The molecule has 0 atom stereocenters. The minimum Gasteiger partial charge on any atom is -0.493 e. The molecule has 2 N–H and O–H groups in total. The van der Waals surface area contributed by atoms with Gasteiger partial charge in [0.15, 0.2) is 11.5 Å². The molecule has 134 valence electrons. The lowest BCUT2D eigenvalue weighted by atomic mass is 10.2. The van der Waals surface area contributed by atoms with E-state index in [2.05, 4.69) is 20.6 Å². The molecule has 3 aromatic rings. The van der Waals surface area contributed by atoms with Gasteiger partial charge in [-0.25, -0.2) is 9.97 Å². The summed E-state index contributed by atoms with van der Waals surface area (Å²) in [6.07, 6.45) is 4.46. The Kier molecular flexibility index (Phi) is 5.33.